The normalized spacial score (nSPS) is 10.5. The van der Waals surface area contributed by atoms with E-state index in [2.05, 4.69) is 0 Å². The second-order valence-corrected chi connectivity index (χ2v) is 5.30. The summed E-state index contributed by atoms with van der Waals surface area (Å²) in [6.07, 6.45) is 0. The number of carboxylic acid groups (broad SMARTS) is 1. The zero-order valence-corrected chi connectivity index (χ0v) is 10.4. The molecule has 0 aliphatic carbocycles. The van der Waals surface area contributed by atoms with Crippen LogP contribution in [0.1, 0.15) is 29.8 Å². The quantitative estimate of drug-likeness (QED) is 0.646. The van der Waals surface area contributed by atoms with Crippen molar-refractivity contribution in [2.45, 2.75) is 24.9 Å². The molecule has 0 bridgehead atoms. The van der Waals surface area contributed by atoms with Gasteiger partial charge in [0.15, 0.2) is 0 Å². The minimum Gasteiger partial charge on any atom is -0.477 e. The molecule has 1 aromatic carbocycles. The first-order chi connectivity index (χ1) is 7.93. The van der Waals surface area contributed by atoms with Gasteiger partial charge in [-0.25, -0.2) is 4.79 Å². The highest BCUT2D eigenvalue weighted by molar-refractivity contribution is 7.99. The van der Waals surface area contributed by atoms with E-state index in [1.165, 1.54) is 12.1 Å². The van der Waals surface area contributed by atoms with Crippen LogP contribution in [0.3, 0.4) is 0 Å². The lowest BCUT2D eigenvalue weighted by molar-refractivity contribution is -0.385. The molecule has 6 heteroatoms. The van der Waals surface area contributed by atoms with Gasteiger partial charge in [0.2, 0.25) is 0 Å². The van der Waals surface area contributed by atoms with Crippen LogP contribution in [0.2, 0.25) is 0 Å². The SMILES string of the molecule is CC(C)SCc1cccc([N+](=O)[O-])c1C(=O)O. The lowest BCUT2D eigenvalue weighted by Crippen LogP contribution is -2.07. The van der Waals surface area contributed by atoms with Crippen LogP contribution in [0.25, 0.3) is 0 Å². The third-order valence-electron chi connectivity index (χ3n) is 2.11. The number of nitro groups is 1. The van der Waals surface area contributed by atoms with Gasteiger partial charge < -0.3 is 5.11 Å². The molecule has 0 amide bonds. The molecular weight excluding hydrogens is 242 g/mol. The summed E-state index contributed by atoms with van der Waals surface area (Å²) < 4.78 is 0. The average Bonchev–Trinajstić information content (AvgIpc) is 2.25. The molecule has 1 rings (SSSR count). The second kappa shape index (κ2) is 5.67. The van der Waals surface area contributed by atoms with Gasteiger partial charge in [0.1, 0.15) is 5.56 Å². The summed E-state index contributed by atoms with van der Waals surface area (Å²) in [5.74, 6) is -0.794. The Morgan fingerprint density at radius 1 is 1.53 bits per heavy atom. The Hall–Kier alpha value is -1.56. The van der Waals surface area contributed by atoms with E-state index in [-0.39, 0.29) is 11.3 Å². The van der Waals surface area contributed by atoms with E-state index >= 15 is 0 Å². The topological polar surface area (TPSA) is 80.4 Å². The van der Waals surface area contributed by atoms with Crippen molar-refractivity contribution in [2.24, 2.45) is 0 Å². The summed E-state index contributed by atoms with van der Waals surface area (Å²) in [6.45, 7) is 3.98. The Morgan fingerprint density at radius 2 is 2.18 bits per heavy atom. The standard InChI is InChI=1S/C11H13NO4S/c1-7(2)17-6-8-4-3-5-9(12(15)16)10(8)11(13)14/h3-5,7H,6H2,1-2H3,(H,13,14). The molecule has 0 spiro atoms. The molecule has 17 heavy (non-hydrogen) atoms. The Morgan fingerprint density at radius 3 is 2.65 bits per heavy atom. The number of nitrogens with zero attached hydrogens (tertiary/aromatic N) is 1. The van der Waals surface area contributed by atoms with Gasteiger partial charge in [-0.1, -0.05) is 26.0 Å². The van der Waals surface area contributed by atoms with Crippen LogP contribution in [-0.2, 0) is 5.75 Å². The molecule has 1 N–H and O–H groups in total. The Labute approximate surface area is 103 Å². The monoisotopic (exact) mass is 255 g/mol. The van der Waals surface area contributed by atoms with Crippen LogP contribution < -0.4 is 0 Å². The third kappa shape index (κ3) is 3.45. The van der Waals surface area contributed by atoms with E-state index in [4.69, 9.17) is 5.11 Å². The third-order valence-corrected chi connectivity index (χ3v) is 3.26. The van der Waals surface area contributed by atoms with Crippen LogP contribution in [-0.4, -0.2) is 21.2 Å². The molecule has 0 saturated heterocycles. The van der Waals surface area contributed by atoms with Gasteiger partial charge in [-0.05, 0) is 10.8 Å². The van der Waals surface area contributed by atoms with Crippen molar-refractivity contribution in [1.29, 1.82) is 0 Å². The minimum atomic E-state index is -1.25. The molecule has 0 radical (unpaired) electrons. The van der Waals surface area contributed by atoms with Gasteiger partial charge in [-0.2, -0.15) is 11.8 Å². The van der Waals surface area contributed by atoms with Gasteiger partial charge >= 0.3 is 5.97 Å². The zero-order chi connectivity index (χ0) is 13.0. The summed E-state index contributed by atoms with van der Waals surface area (Å²) >= 11 is 1.55. The molecule has 0 aliphatic rings. The molecule has 0 heterocycles. The van der Waals surface area contributed by atoms with Crippen LogP contribution in [0, 0.1) is 10.1 Å². The lowest BCUT2D eigenvalue weighted by Gasteiger charge is -2.08. The van der Waals surface area contributed by atoms with E-state index in [9.17, 15) is 14.9 Å². The number of carboxylic acids is 1. The fraction of sp³-hybridized carbons (Fsp3) is 0.364. The summed E-state index contributed by atoms with van der Waals surface area (Å²) in [5.41, 5.74) is -0.0598. The van der Waals surface area contributed by atoms with E-state index in [0.717, 1.165) is 0 Å². The van der Waals surface area contributed by atoms with E-state index in [1.807, 2.05) is 13.8 Å². The molecular formula is C11H13NO4S. The fourth-order valence-electron chi connectivity index (χ4n) is 1.36. The maximum absolute atomic E-state index is 11.1. The van der Waals surface area contributed by atoms with Gasteiger partial charge in [0.05, 0.1) is 4.92 Å². The molecule has 0 aromatic heterocycles. The average molecular weight is 255 g/mol. The first kappa shape index (κ1) is 13.5. The molecule has 0 saturated carbocycles. The number of rotatable bonds is 5. The van der Waals surface area contributed by atoms with Crippen LogP contribution >= 0.6 is 11.8 Å². The van der Waals surface area contributed by atoms with Crippen molar-refractivity contribution in [1.82, 2.24) is 0 Å². The van der Waals surface area contributed by atoms with Crippen LogP contribution in [0.4, 0.5) is 5.69 Å². The van der Waals surface area contributed by atoms with E-state index in [0.29, 0.717) is 16.6 Å². The molecule has 92 valence electrons. The zero-order valence-electron chi connectivity index (χ0n) is 9.54. The maximum atomic E-state index is 11.1. The largest absolute Gasteiger partial charge is 0.477 e. The first-order valence-electron chi connectivity index (χ1n) is 5.04. The maximum Gasteiger partial charge on any atom is 0.343 e. The molecule has 5 nitrogen and oxygen atoms in total. The van der Waals surface area contributed by atoms with Crippen LogP contribution in [0.5, 0.6) is 0 Å². The van der Waals surface area contributed by atoms with Gasteiger partial charge in [-0.3, -0.25) is 10.1 Å². The van der Waals surface area contributed by atoms with Crippen molar-refractivity contribution in [2.75, 3.05) is 0 Å². The molecule has 0 unspecified atom stereocenters. The number of nitro benzene ring substituents is 1. The molecule has 0 aliphatic heterocycles. The number of thioether (sulfide) groups is 1. The second-order valence-electron chi connectivity index (χ2n) is 3.73. The highest BCUT2D eigenvalue weighted by Gasteiger charge is 2.23. The summed E-state index contributed by atoms with van der Waals surface area (Å²) in [5, 5.41) is 20.1. The van der Waals surface area contributed by atoms with Gasteiger partial charge in [0, 0.05) is 11.8 Å². The Balaban J connectivity index is 3.16. The van der Waals surface area contributed by atoms with Crippen molar-refractivity contribution in [3.8, 4) is 0 Å². The summed E-state index contributed by atoms with van der Waals surface area (Å²) in [7, 11) is 0. The predicted molar refractivity (Wildman–Crippen MR) is 66.5 cm³/mol. The predicted octanol–water partition coefficient (Wildman–Crippen LogP) is 2.93. The Bertz CT molecular complexity index is 445. The summed E-state index contributed by atoms with van der Waals surface area (Å²) in [6, 6.07) is 4.35. The first-order valence-corrected chi connectivity index (χ1v) is 6.09. The lowest BCUT2D eigenvalue weighted by atomic mass is 10.1. The number of hydrogen-bond donors (Lipinski definition) is 1. The minimum absolute atomic E-state index is 0.203. The smallest absolute Gasteiger partial charge is 0.343 e. The number of carbonyl (C=O) groups is 1. The summed E-state index contributed by atoms with van der Waals surface area (Å²) in [4.78, 5) is 21.2. The van der Waals surface area contributed by atoms with Crippen molar-refractivity contribution >= 4 is 23.4 Å². The van der Waals surface area contributed by atoms with Crippen molar-refractivity contribution < 1.29 is 14.8 Å². The highest BCUT2D eigenvalue weighted by Crippen LogP contribution is 2.26. The van der Waals surface area contributed by atoms with Crippen molar-refractivity contribution in [3.63, 3.8) is 0 Å². The number of aromatic carboxylic acids is 1. The highest BCUT2D eigenvalue weighted by atomic mass is 32.2. The molecule has 0 fully saturated rings. The van der Waals surface area contributed by atoms with Crippen molar-refractivity contribution in [3.05, 3.63) is 39.4 Å². The Kier molecular flexibility index (Phi) is 4.51. The van der Waals surface area contributed by atoms with Gasteiger partial charge in [-0.15, -0.1) is 0 Å². The number of benzene rings is 1. The van der Waals surface area contributed by atoms with E-state index in [1.54, 1.807) is 17.8 Å². The molecule has 0 atom stereocenters. The number of hydrogen-bond acceptors (Lipinski definition) is 4. The molecule has 1 aromatic rings. The van der Waals surface area contributed by atoms with Crippen LogP contribution in [0.15, 0.2) is 18.2 Å². The van der Waals surface area contributed by atoms with E-state index < -0.39 is 10.9 Å². The fourth-order valence-corrected chi connectivity index (χ4v) is 2.12. The van der Waals surface area contributed by atoms with Gasteiger partial charge in [0.25, 0.3) is 5.69 Å².